The summed E-state index contributed by atoms with van der Waals surface area (Å²) in [7, 11) is 0. The molecule has 2 aromatic rings. The maximum Gasteiger partial charge on any atom is 0.336 e. The van der Waals surface area contributed by atoms with Gasteiger partial charge in [-0.25, -0.2) is 4.79 Å². The first-order valence-corrected chi connectivity index (χ1v) is 10.3. The predicted octanol–water partition coefficient (Wildman–Crippen LogP) is 3.91. The van der Waals surface area contributed by atoms with Gasteiger partial charge >= 0.3 is 5.63 Å². The van der Waals surface area contributed by atoms with Crippen molar-refractivity contribution in [1.82, 2.24) is 0 Å². The lowest BCUT2D eigenvalue weighted by Crippen LogP contribution is -2.59. The van der Waals surface area contributed by atoms with Crippen LogP contribution in [0.4, 0.5) is 0 Å². The van der Waals surface area contributed by atoms with Crippen molar-refractivity contribution in [3.05, 3.63) is 52.9 Å². The van der Waals surface area contributed by atoms with Crippen LogP contribution in [-0.2, 0) is 0 Å². The molecule has 0 amide bonds. The topological polar surface area (TPSA) is 79.9 Å². The van der Waals surface area contributed by atoms with Gasteiger partial charge < -0.3 is 19.4 Å². The number of benzene rings is 1. The van der Waals surface area contributed by atoms with Crippen LogP contribution in [0.5, 0.6) is 5.75 Å². The van der Waals surface area contributed by atoms with E-state index in [0.29, 0.717) is 24.4 Å². The van der Waals surface area contributed by atoms with Crippen LogP contribution in [0.3, 0.4) is 0 Å². The molecule has 5 nitrogen and oxygen atoms in total. The number of hydrogen-bond acceptors (Lipinski definition) is 5. The maximum absolute atomic E-state index is 11.5. The van der Waals surface area contributed by atoms with E-state index in [2.05, 4.69) is 26.8 Å². The smallest absolute Gasteiger partial charge is 0.336 e. The molecule has 1 aromatic carbocycles. The highest BCUT2D eigenvalue weighted by atomic mass is 16.5. The van der Waals surface area contributed by atoms with Crippen molar-refractivity contribution >= 4 is 11.0 Å². The standard InChI is InChI=1S/C24H30O5/c1-22(2)18-9-12-24(4,27)19(23(18,3)11-10-20(22)25)14-28-16-7-5-15-6-8-21(26)29-17(15)13-16/h5-9,12-13,18-20,25,27H,10-11,14H2,1-4H3/t18?,19-,20+,23+,24-/m0/s1. The SMILES string of the molecule is CC1(C)C2C=C[C@](C)(O)[C@@H](COc3ccc4ccc(=O)oc4c3)[C@]2(C)CC[C@H]1O. The summed E-state index contributed by atoms with van der Waals surface area (Å²) in [4.78, 5) is 11.5. The first kappa shape index (κ1) is 20.2. The zero-order valence-electron chi connectivity index (χ0n) is 17.5. The molecule has 4 rings (SSSR count). The molecular formula is C24H30O5. The quantitative estimate of drug-likeness (QED) is 0.605. The van der Waals surface area contributed by atoms with E-state index in [1.54, 1.807) is 12.1 Å². The van der Waals surface area contributed by atoms with Crippen LogP contribution in [-0.4, -0.2) is 28.5 Å². The molecule has 29 heavy (non-hydrogen) atoms. The molecule has 1 aromatic heterocycles. The Bertz CT molecular complexity index is 1000. The van der Waals surface area contributed by atoms with Crippen molar-refractivity contribution < 1.29 is 19.4 Å². The van der Waals surface area contributed by atoms with Gasteiger partial charge in [-0.3, -0.25) is 0 Å². The molecule has 2 N–H and O–H groups in total. The van der Waals surface area contributed by atoms with E-state index in [4.69, 9.17) is 9.15 Å². The highest BCUT2D eigenvalue weighted by Crippen LogP contribution is 2.59. The summed E-state index contributed by atoms with van der Waals surface area (Å²) in [6, 6.07) is 8.55. The molecule has 1 unspecified atom stereocenters. The van der Waals surface area contributed by atoms with Gasteiger partial charge in [-0.15, -0.1) is 0 Å². The molecule has 0 spiro atoms. The Balaban J connectivity index is 1.63. The second-order valence-corrected chi connectivity index (χ2v) is 9.76. The molecule has 156 valence electrons. The van der Waals surface area contributed by atoms with Crippen LogP contribution in [0.15, 0.2) is 51.7 Å². The fourth-order valence-corrected chi connectivity index (χ4v) is 5.64. The van der Waals surface area contributed by atoms with Crippen LogP contribution < -0.4 is 10.4 Å². The van der Waals surface area contributed by atoms with Crippen LogP contribution >= 0.6 is 0 Å². The van der Waals surface area contributed by atoms with Gasteiger partial charge in [0, 0.05) is 23.4 Å². The molecule has 5 heteroatoms. The molecule has 0 bridgehead atoms. The number of aliphatic hydroxyl groups is 2. The fourth-order valence-electron chi connectivity index (χ4n) is 5.64. The van der Waals surface area contributed by atoms with Gasteiger partial charge in [0.1, 0.15) is 11.3 Å². The Hall–Kier alpha value is -2.11. The average Bonchev–Trinajstić information content (AvgIpc) is 2.64. The number of rotatable bonds is 3. The van der Waals surface area contributed by atoms with Gasteiger partial charge in [0.2, 0.25) is 0 Å². The Morgan fingerprint density at radius 2 is 1.90 bits per heavy atom. The summed E-state index contributed by atoms with van der Waals surface area (Å²) in [5.74, 6) is 0.602. The number of allylic oxidation sites excluding steroid dienone is 1. The Kier molecular flexibility index (Phi) is 4.67. The van der Waals surface area contributed by atoms with Crippen molar-refractivity contribution in [2.45, 2.75) is 52.2 Å². The minimum atomic E-state index is -1.01. The van der Waals surface area contributed by atoms with E-state index < -0.39 is 11.2 Å². The summed E-state index contributed by atoms with van der Waals surface area (Å²) in [5.41, 5.74) is -1.40. The molecule has 0 radical (unpaired) electrons. The third-order valence-electron chi connectivity index (χ3n) is 7.47. The van der Waals surface area contributed by atoms with E-state index in [1.807, 2.05) is 25.1 Å². The lowest BCUT2D eigenvalue weighted by Gasteiger charge is -2.59. The van der Waals surface area contributed by atoms with Gasteiger partial charge in [-0.1, -0.05) is 32.9 Å². The third-order valence-corrected chi connectivity index (χ3v) is 7.47. The number of ether oxygens (including phenoxy) is 1. The summed E-state index contributed by atoms with van der Waals surface area (Å²) in [6.45, 7) is 8.58. The van der Waals surface area contributed by atoms with E-state index in [-0.39, 0.29) is 28.8 Å². The van der Waals surface area contributed by atoms with Gasteiger partial charge in [0.25, 0.3) is 0 Å². The van der Waals surface area contributed by atoms with E-state index in [0.717, 1.165) is 11.8 Å². The minimum absolute atomic E-state index is 0.141. The molecule has 1 fully saturated rings. The lowest BCUT2D eigenvalue weighted by atomic mass is 9.47. The van der Waals surface area contributed by atoms with Crippen LogP contribution in [0.1, 0.15) is 40.5 Å². The van der Waals surface area contributed by atoms with Crippen molar-refractivity contribution in [1.29, 1.82) is 0 Å². The molecule has 2 aliphatic rings. The number of hydrogen-bond donors (Lipinski definition) is 2. The molecule has 5 atom stereocenters. The second-order valence-electron chi connectivity index (χ2n) is 9.76. The highest BCUT2D eigenvalue weighted by molar-refractivity contribution is 5.77. The summed E-state index contributed by atoms with van der Waals surface area (Å²) >= 11 is 0. The Morgan fingerprint density at radius 1 is 1.17 bits per heavy atom. The lowest BCUT2D eigenvalue weighted by molar-refractivity contribution is -0.149. The first-order chi connectivity index (χ1) is 13.5. The molecule has 1 heterocycles. The summed E-state index contributed by atoms with van der Waals surface area (Å²) < 4.78 is 11.4. The molecule has 2 aliphatic carbocycles. The van der Waals surface area contributed by atoms with E-state index in [9.17, 15) is 15.0 Å². The molecular weight excluding hydrogens is 368 g/mol. The molecule has 0 saturated heterocycles. The van der Waals surface area contributed by atoms with Crippen molar-refractivity contribution in [2.24, 2.45) is 22.7 Å². The Morgan fingerprint density at radius 3 is 2.66 bits per heavy atom. The zero-order valence-corrected chi connectivity index (χ0v) is 17.5. The fraction of sp³-hybridized carbons (Fsp3) is 0.542. The zero-order chi connectivity index (χ0) is 21.0. The van der Waals surface area contributed by atoms with Crippen molar-refractivity contribution in [2.75, 3.05) is 6.61 Å². The number of fused-ring (bicyclic) bond motifs is 2. The van der Waals surface area contributed by atoms with Crippen molar-refractivity contribution in [3.63, 3.8) is 0 Å². The maximum atomic E-state index is 11.5. The minimum Gasteiger partial charge on any atom is -0.493 e. The van der Waals surface area contributed by atoms with Crippen LogP contribution in [0, 0.1) is 22.7 Å². The van der Waals surface area contributed by atoms with E-state index in [1.165, 1.54) is 6.07 Å². The Labute approximate surface area is 171 Å². The summed E-state index contributed by atoms with van der Waals surface area (Å²) in [5, 5.41) is 22.6. The average molecular weight is 398 g/mol. The van der Waals surface area contributed by atoms with Gasteiger partial charge in [-0.05, 0) is 54.7 Å². The van der Waals surface area contributed by atoms with Crippen LogP contribution in [0.25, 0.3) is 11.0 Å². The second kappa shape index (κ2) is 6.71. The van der Waals surface area contributed by atoms with Crippen LogP contribution in [0.2, 0.25) is 0 Å². The third kappa shape index (κ3) is 3.30. The van der Waals surface area contributed by atoms with Gasteiger partial charge in [-0.2, -0.15) is 0 Å². The molecule has 1 saturated carbocycles. The first-order valence-electron chi connectivity index (χ1n) is 10.3. The summed E-state index contributed by atoms with van der Waals surface area (Å²) in [6.07, 6.45) is 5.12. The van der Waals surface area contributed by atoms with Crippen molar-refractivity contribution in [3.8, 4) is 5.75 Å². The predicted molar refractivity (Wildman–Crippen MR) is 112 cm³/mol. The van der Waals surface area contributed by atoms with Gasteiger partial charge in [0.15, 0.2) is 0 Å². The van der Waals surface area contributed by atoms with E-state index >= 15 is 0 Å². The highest BCUT2D eigenvalue weighted by Gasteiger charge is 2.58. The van der Waals surface area contributed by atoms with Gasteiger partial charge in [0.05, 0.1) is 18.3 Å². The largest absolute Gasteiger partial charge is 0.493 e. The normalized spacial score (nSPS) is 36.0. The number of aliphatic hydroxyl groups excluding tert-OH is 1. The molecule has 0 aliphatic heterocycles. The monoisotopic (exact) mass is 398 g/mol.